The molecule has 1 fully saturated rings. The molecule has 0 bridgehead atoms. The molecule has 0 radical (unpaired) electrons. The minimum absolute atomic E-state index is 0.0690. The molecule has 130 valence electrons. The summed E-state index contributed by atoms with van der Waals surface area (Å²) < 4.78 is 52.3. The lowest BCUT2D eigenvalue weighted by atomic mass is 10.2. The molecule has 8 heteroatoms. The molecular weight excluding hydrogens is 340 g/mol. The maximum Gasteiger partial charge on any atom is 0.228 e. The quantitative estimate of drug-likeness (QED) is 0.828. The zero-order chi connectivity index (χ0) is 18.1. The minimum Gasteiger partial charge on any atom is -0.326 e. The van der Waals surface area contributed by atoms with Crippen LogP contribution in [0.15, 0.2) is 36.4 Å². The highest BCUT2D eigenvalue weighted by atomic mass is 19.2. The molecule has 0 heterocycles. The monoisotopic (exact) mass is 352 g/mol. The normalized spacial score (nSPS) is 18.6. The predicted molar refractivity (Wildman–Crippen MR) is 81.6 cm³/mol. The molecule has 0 aromatic heterocycles. The van der Waals surface area contributed by atoms with Gasteiger partial charge < -0.3 is 10.6 Å². The number of rotatable bonds is 4. The number of nitrogens with one attached hydrogen (secondary N) is 2. The molecule has 0 aliphatic heterocycles. The Morgan fingerprint density at radius 2 is 1.48 bits per heavy atom. The van der Waals surface area contributed by atoms with Gasteiger partial charge in [-0.25, -0.2) is 17.6 Å². The Kier molecular flexibility index (Phi) is 4.43. The first-order valence-corrected chi connectivity index (χ1v) is 7.37. The fraction of sp³-hybridized carbons (Fsp3) is 0.176. The van der Waals surface area contributed by atoms with Crippen molar-refractivity contribution in [1.29, 1.82) is 0 Å². The molecule has 0 saturated heterocycles. The van der Waals surface area contributed by atoms with Crippen LogP contribution < -0.4 is 10.6 Å². The number of carbonyl (C=O) groups excluding carboxylic acids is 2. The Bertz CT molecular complexity index is 857. The van der Waals surface area contributed by atoms with Gasteiger partial charge in [-0.15, -0.1) is 0 Å². The van der Waals surface area contributed by atoms with Gasteiger partial charge in [-0.2, -0.15) is 0 Å². The molecule has 1 aliphatic rings. The zero-order valence-corrected chi connectivity index (χ0v) is 12.7. The van der Waals surface area contributed by atoms with Crippen molar-refractivity contribution in [2.45, 2.75) is 6.42 Å². The van der Waals surface area contributed by atoms with E-state index in [2.05, 4.69) is 10.6 Å². The molecule has 3 rings (SSSR count). The number of benzene rings is 2. The molecule has 2 amide bonds. The van der Waals surface area contributed by atoms with E-state index in [0.717, 1.165) is 24.3 Å². The summed E-state index contributed by atoms with van der Waals surface area (Å²) in [6, 6.07) is 5.62. The lowest BCUT2D eigenvalue weighted by Crippen LogP contribution is -2.21. The molecule has 1 saturated carbocycles. The first-order chi connectivity index (χ1) is 11.8. The van der Waals surface area contributed by atoms with Crippen LogP contribution in [0.4, 0.5) is 28.9 Å². The van der Waals surface area contributed by atoms with Crippen LogP contribution in [0.3, 0.4) is 0 Å². The highest BCUT2D eigenvalue weighted by Crippen LogP contribution is 2.40. The third-order valence-electron chi connectivity index (χ3n) is 3.84. The second-order valence-electron chi connectivity index (χ2n) is 5.68. The molecule has 2 aromatic carbocycles. The summed E-state index contributed by atoms with van der Waals surface area (Å²) in [6.07, 6.45) is 0.240. The van der Waals surface area contributed by atoms with Crippen LogP contribution in [0.25, 0.3) is 0 Å². The summed E-state index contributed by atoms with van der Waals surface area (Å²) in [7, 11) is 0. The van der Waals surface area contributed by atoms with E-state index >= 15 is 0 Å². The predicted octanol–water partition coefficient (Wildman–Crippen LogP) is 3.46. The van der Waals surface area contributed by atoms with Crippen molar-refractivity contribution in [2.24, 2.45) is 11.8 Å². The fourth-order valence-electron chi connectivity index (χ4n) is 2.40. The Morgan fingerprint density at radius 3 is 2.12 bits per heavy atom. The lowest BCUT2D eigenvalue weighted by Gasteiger charge is -2.07. The van der Waals surface area contributed by atoms with Gasteiger partial charge in [0.25, 0.3) is 0 Å². The van der Waals surface area contributed by atoms with Crippen molar-refractivity contribution in [3.05, 3.63) is 59.7 Å². The second-order valence-corrected chi connectivity index (χ2v) is 5.68. The molecule has 0 spiro atoms. The van der Waals surface area contributed by atoms with Crippen LogP contribution >= 0.6 is 0 Å². The molecule has 25 heavy (non-hydrogen) atoms. The SMILES string of the molecule is O=C(Nc1ccc(F)c(F)c1)C1CC1C(=O)Nc1ccc(F)cc1F. The van der Waals surface area contributed by atoms with E-state index in [1.54, 1.807) is 0 Å². The van der Waals surface area contributed by atoms with Crippen molar-refractivity contribution in [3.8, 4) is 0 Å². The number of halogens is 4. The molecular formula is C17H12F4N2O2. The third-order valence-corrected chi connectivity index (χ3v) is 3.84. The topological polar surface area (TPSA) is 58.2 Å². The standard InChI is InChI=1S/C17H12F4N2O2/c18-8-1-4-15(14(21)5-8)23-17(25)11-7-10(11)16(24)22-9-2-3-12(19)13(20)6-9/h1-6,10-11H,7H2,(H,22,24)(H,23,25). The van der Waals surface area contributed by atoms with Gasteiger partial charge in [-0.3, -0.25) is 9.59 Å². The Labute approximate surface area is 139 Å². The minimum atomic E-state index is -1.10. The van der Waals surface area contributed by atoms with E-state index in [4.69, 9.17) is 0 Å². The van der Waals surface area contributed by atoms with E-state index in [1.807, 2.05) is 0 Å². The van der Waals surface area contributed by atoms with Crippen molar-refractivity contribution >= 4 is 23.2 Å². The summed E-state index contributed by atoms with van der Waals surface area (Å²) in [6.45, 7) is 0. The summed E-state index contributed by atoms with van der Waals surface area (Å²) in [5, 5.41) is 4.68. The van der Waals surface area contributed by atoms with Crippen LogP contribution in [0.2, 0.25) is 0 Å². The summed E-state index contributed by atoms with van der Waals surface area (Å²) in [5.74, 6) is -6.26. The van der Waals surface area contributed by atoms with Crippen molar-refractivity contribution in [1.82, 2.24) is 0 Å². The third kappa shape index (κ3) is 3.78. The maximum atomic E-state index is 13.5. The number of hydrogen-bond acceptors (Lipinski definition) is 2. The molecule has 2 N–H and O–H groups in total. The Balaban J connectivity index is 1.58. The zero-order valence-electron chi connectivity index (χ0n) is 12.7. The first kappa shape index (κ1) is 16.9. The van der Waals surface area contributed by atoms with Gasteiger partial charge >= 0.3 is 0 Å². The smallest absolute Gasteiger partial charge is 0.228 e. The van der Waals surface area contributed by atoms with Crippen molar-refractivity contribution in [2.75, 3.05) is 10.6 Å². The maximum absolute atomic E-state index is 13.5. The van der Waals surface area contributed by atoms with E-state index in [9.17, 15) is 27.2 Å². The van der Waals surface area contributed by atoms with Crippen molar-refractivity contribution < 1.29 is 27.2 Å². The number of carbonyl (C=O) groups is 2. The van der Waals surface area contributed by atoms with Crippen LogP contribution in [0, 0.1) is 35.1 Å². The number of amides is 2. The molecule has 2 aromatic rings. The van der Waals surface area contributed by atoms with Crippen LogP contribution in [-0.2, 0) is 9.59 Å². The lowest BCUT2D eigenvalue weighted by molar-refractivity contribution is -0.122. The van der Waals surface area contributed by atoms with E-state index < -0.39 is 46.9 Å². The largest absolute Gasteiger partial charge is 0.326 e. The summed E-state index contributed by atoms with van der Waals surface area (Å²) in [5.41, 5.74) is -0.113. The summed E-state index contributed by atoms with van der Waals surface area (Å²) in [4.78, 5) is 24.0. The van der Waals surface area contributed by atoms with Gasteiger partial charge in [0.2, 0.25) is 11.8 Å². The van der Waals surface area contributed by atoms with Crippen LogP contribution in [0.5, 0.6) is 0 Å². The average molecular weight is 352 g/mol. The Morgan fingerprint density at radius 1 is 0.800 bits per heavy atom. The van der Waals surface area contributed by atoms with Gasteiger partial charge in [0.05, 0.1) is 17.5 Å². The average Bonchev–Trinajstić information content (AvgIpc) is 3.34. The molecule has 4 nitrogen and oxygen atoms in total. The van der Waals surface area contributed by atoms with Gasteiger partial charge in [-0.05, 0) is 30.7 Å². The van der Waals surface area contributed by atoms with E-state index in [0.29, 0.717) is 6.07 Å². The van der Waals surface area contributed by atoms with Gasteiger partial charge in [0.1, 0.15) is 11.6 Å². The fourth-order valence-corrected chi connectivity index (χ4v) is 2.40. The number of hydrogen-bond donors (Lipinski definition) is 2. The van der Waals surface area contributed by atoms with E-state index in [-0.39, 0.29) is 17.8 Å². The van der Waals surface area contributed by atoms with Gasteiger partial charge in [0, 0.05) is 17.8 Å². The van der Waals surface area contributed by atoms with Gasteiger partial charge in [-0.1, -0.05) is 0 Å². The summed E-state index contributed by atoms with van der Waals surface area (Å²) >= 11 is 0. The number of anilines is 2. The van der Waals surface area contributed by atoms with Gasteiger partial charge in [0.15, 0.2) is 11.6 Å². The van der Waals surface area contributed by atoms with Crippen LogP contribution in [0.1, 0.15) is 6.42 Å². The van der Waals surface area contributed by atoms with E-state index in [1.165, 1.54) is 6.07 Å². The molecule has 1 aliphatic carbocycles. The Hall–Kier alpha value is -2.90. The van der Waals surface area contributed by atoms with Crippen molar-refractivity contribution in [3.63, 3.8) is 0 Å². The van der Waals surface area contributed by atoms with Crippen LogP contribution in [-0.4, -0.2) is 11.8 Å². The highest BCUT2D eigenvalue weighted by Gasteiger charge is 2.48. The molecule has 2 unspecified atom stereocenters. The first-order valence-electron chi connectivity index (χ1n) is 7.37. The highest BCUT2D eigenvalue weighted by molar-refractivity contribution is 6.03. The molecule has 2 atom stereocenters. The second kappa shape index (κ2) is 6.54.